The standard InChI is InChI=1S/C26H34ClN7/c27-26-32-17-22-23(24(29)9-11-28)18-34(25(22)33-26)21-8-7-20(15-21)16-31-13-4-12-30-14-10-19-5-2-1-3-6-19/h1-3,5-6,9,11,17-18,20-21,28,30-31H,4,7-8,10,12-16,29H2/b24-9-,28-11?. The monoisotopic (exact) mass is 479 g/mol. The molecule has 4 rings (SSSR count). The average Bonchev–Trinajstić information content (AvgIpc) is 3.46. The van der Waals surface area contributed by atoms with Gasteiger partial charge in [0.25, 0.3) is 0 Å². The van der Waals surface area contributed by atoms with Crippen LogP contribution in [-0.2, 0) is 6.42 Å². The molecule has 0 spiro atoms. The molecule has 0 amide bonds. The predicted octanol–water partition coefficient (Wildman–Crippen LogP) is 4.19. The number of halogens is 1. The molecule has 0 aliphatic heterocycles. The first-order valence-electron chi connectivity index (χ1n) is 12.1. The smallest absolute Gasteiger partial charge is 0.224 e. The van der Waals surface area contributed by atoms with Gasteiger partial charge in [-0.25, -0.2) is 4.98 Å². The summed E-state index contributed by atoms with van der Waals surface area (Å²) in [6, 6.07) is 11.0. The van der Waals surface area contributed by atoms with Crippen molar-refractivity contribution in [2.45, 2.75) is 38.1 Å². The van der Waals surface area contributed by atoms with Gasteiger partial charge in [-0.1, -0.05) is 30.3 Å². The highest BCUT2D eigenvalue weighted by molar-refractivity contribution is 6.28. The van der Waals surface area contributed by atoms with Crippen LogP contribution in [0.4, 0.5) is 0 Å². The molecule has 5 N–H and O–H groups in total. The lowest BCUT2D eigenvalue weighted by Gasteiger charge is -2.15. The number of fused-ring (bicyclic) bond motifs is 1. The maximum Gasteiger partial charge on any atom is 0.224 e. The number of allylic oxidation sites excluding steroid dienone is 1. The molecule has 1 aliphatic carbocycles. The molecular formula is C26H34ClN7. The summed E-state index contributed by atoms with van der Waals surface area (Å²) in [7, 11) is 0. The third-order valence-electron chi connectivity index (χ3n) is 6.60. The molecule has 3 aromatic rings. The van der Waals surface area contributed by atoms with E-state index < -0.39 is 0 Å². The quantitative estimate of drug-likeness (QED) is 0.177. The second kappa shape index (κ2) is 12.1. The summed E-state index contributed by atoms with van der Waals surface area (Å²) in [6.45, 7) is 4.13. The summed E-state index contributed by atoms with van der Waals surface area (Å²) in [6.07, 6.45) is 12.2. The van der Waals surface area contributed by atoms with Gasteiger partial charge >= 0.3 is 0 Å². The highest BCUT2D eigenvalue weighted by atomic mass is 35.5. The molecule has 1 saturated carbocycles. The number of nitrogens with one attached hydrogen (secondary N) is 3. The van der Waals surface area contributed by atoms with Crippen LogP contribution < -0.4 is 16.4 Å². The Morgan fingerprint density at radius 2 is 2.00 bits per heavy atom. The summed E-state index contributed by atoms with van der Waals surface area (Å²) in [5.41, 5.74) is 9.79. The first kappa shape index (κ1) is 24.4. The second-order valence-corrected chi connectivity index (χ2v) is 9.33. The van der Waals surface area contributed by atoms with E-state index in [2.05, 4.69) is 55.5 Å². The zero-order valence-corrected chi connectivity index (χ0v) is 20.3. The minimum atomic E-state index is 0.238. The molecule has 2 heterocycles. The molecule has 1 fully saturated rings. The van der Waals surface area contributed by atoms with Gasteiger partial charge in [-0.3, -0.25) is 0 Å². The number of benzene rings is 1. The molecule has 0 bridgehead atoms. The fraction of sp³-hybridized carbons (Fsp3) is 0.423. The van der Waals surface area contributed by atoms with Crippen molar-refractivity contribution in [1.29, 1.82) is 5.41 Å². The van der Waals surface area contributed by atoms with E-state index in [-0.39, 0.29) is 5.28 Å². The Balaban J connectivity index is 1.23. The first-order chi connectivity index (χ1) is 16.7. The molecule has 34 heavy (non-hydrogen) atoms. The van der Waals surface area contributed by atoms with Gasteiger partial charge in [0.05, 0.1) is 0 Å². The molecule has 2 aromatic heterocycles. The number of hydrogen-bond donors (Lipinski definition) is 4. The molecule has 0 radical (unpaired) electrons. The van der Waals surface area contributed by atoms with Crippen LogP contribution in [0.5, 0.6) is 0 Å². The van der Waals surface area contributed by atoms with Crippen LogP contribution in [0.25, 0.3) is 16.7 Å². The Morgan fingerprint density at radius 1 is 1.18 bits per heavy atom. The van der Waals surface area contributed by atoms with Crippen molar-refractivity contribution in [3.63, 3.8) is 0 Å². The third kappa shape index (κ3) is 6.23. The lowest BCUT2D eigenvalue weighted by Crippen LogP contribution is -2.26. The van der Waals surface area contributed by atoms with Gasteiger partial charge in [0.2, 0.25) is 5.28 Å². The van der Waals surface area contributed by atoms with Gasteiger partial charge in [0.1, 0.15) is 5.65 Å². The van der Waals surface area contributed by atoms with E-state index >= 15 is 0 Å². The van der Waals surface area contributed by atoms with Gasteiger partial charge in [0, 0.05) is 41.3 Å². The van der Waals surface area contributed by atoms with Crippen molar-refractivity contribution in [2.75, 3.05) is 26.2 Å². The zero-order valence-electron chi connectivity index (χ0n) is 19.5. The first-order valence-corrected chi connectivity index (χ1v) is 12.5. The lowest BCUT2D eigenvalue weighted by molar-refractivity contribution is 0.452. The van der Waals surface area contributed by atoms with Crippen LogP contribution in [0.2, 0.25) is 5.28 Å². The Morgan fingerprint density at radius 3 is 2.82 bits per heavy atom. The van der Waals surface area contributed by atoms with Gasteiger partial charge in [0.15, 0.2) is 0 Å². The largest absolute Gasteiger partial charge is 0.398 e. The topological polar surface area (TPSA) is 105 Å². The van der Waals surface area contributed by atoms with Crippen LogP contribution in [-0.4, -0.2) is 46.9 Å². The van der Waals surface area contributed by atoms with Crippen LogP contribution >= 0.6 is 11.6 Å². The molecule has 1 aliphatic rings. The Kier molecular flexibility index (Phi) is 8.68. The Hall–Kier alpha value is -2.74. The van der Waals surface area contributed by atoms with E-state index in [1.165, 1.54) is 18.2 Å². The van der Waals surface area contributed by atoms with Crippen molar-refractivity contribution >= 4 is 34.5 Å². The Bertz CT molecular complexity index is 1110. The SMILES string of the molecule is N=C/C=C(\N)c1cn(C2CCC(CNCCCNCCc3ccccc3)C2)c2nc(Cl)ncc12. The maximum atomic E-state index is 7.34. The molecule has 8 heteroatoms. The zero-order chi connectivity index (χ0) is 23.8. The highest BCUT2D eigenvalue weighted by Crippen LogP contribution is 2.38. The third-order valence-corrected chi connectivity index (χ3v) is 6.78. The normalized spacial score (nSPS) is 18.6. The molecule has 1 aromatic carbocycles. The van der Waals surface area contributed by atoms with E-state index in [4.69, 9.17) is 22.7 Å². The molecule has 2 unspecified atom stereocenters. The summed E-state index contributed by atoms with van der Waals surface area (Å²) in [4.78, 5) is 8.64. The fourth-order valence-electron chi connectivity index (χ4n) is 4.83. The maximum absolute atomic E-state index is 7.34. The van der Waals surface area contributed by atoms with E-state index in [1.54, 1.807) is 12.3 Å². The number of nitrogens with two attached hydrogens (primary N) is 1. The minimum absolute atomic E-state index is 0.238. The number of hydrogen-bond acceptors (Lipinski definition) is 6. The lowest BCUT2D eigenvalue weighted by atomic mass is 10.1. The number of nitrogens with zero attached hydrogens (tertiary/aromatic N) is 3. The average molecular weight is 480 g/mol. The molecule has 7 nitrogen and oxygen atoms in total. The molecule has 2 atom stereocenters. The fourth-order valence-corrected chi connectivity index (χ4v) is 4.96. The van der Waals surface area contributed by atoms with Crippen LogP contribution in [0.3, 0.4) is 0 Å². The summed E-state index contributed by atoms with van der Waals surface area (Å²) < 4.78 is 2.21. The summed E-state index contributed by atoms with van der Waals surface area (Å²) >= 11 is 6.10. The van der Waals surface area contributed by atoms with Crippen LogP contribution in [0, 0.1) is 11.3 Å². The van der Waals surface area contributed by atoms with E-state index in [9.17, 15) is 0 Å². The van der Waals surface area contributed by atoms with Crippen molar-refractivity contribution in [3.05, 3.63) is 65.2 Å². The number of rotatable bonds is 12. The summed E-state index contributed by atoms with van der Waals surface area (Å²) in [5.74, 6) is 0.642. The van der Waals surface area contributed by atoms with Crippen molar-refractivity contribution in [3.8, 4) is 0 Å². The van der Waals surface area contributed by atoms with E-state index in [0.29, 0.717) is 17.7 Å². The molecular weight excluding hydrogens is 446 g/mol. The van der Waals surface area contributed by atoms with E-state index in [0.717, 1.165) is 68.5 Å². The van der Waals surface area contributed by atoms with Gasteiger partial charge in [-0.2, -0.15) is 4.98 Å². The van der Waals surface area contributed by atoms with E-state index in [1.807, 2.05) is 6.20 Å². The summed E-state index contributed by atoms with van der Waals surface area (Å²) in [5, 5.41) is 15.6. The van der Waals surface area contributed by atoms with Gasteiger partial charge < -0.3 is 26.3 Å². The van der Waals surface area contributed by atoms with Crippen molar-refractivity contribution in [1.82, 2.24) is 25.2 Å². The van der Waals surface area contributed by atoms with Gasteiger partial charge in [-0.15, -0.1) is 0 Å². The minimum Gasteiger partial charge on any atom is -0.398 e. The number of aromatic nitrogens is 3. The molecule has 0 saturated heterocycles. The Labute approximate surface area is 206 Å². The van der Waals surface area contributed by atoms with Crippen molar-refractivity contribution < 1.29 is 0 Å². The second-order valence-electron chi connectivity index (χ2n) is 8.99. The van der Waals surface area contributed by atoms with Crippen LogP contribution in [0.15, 0.2) is 48.8 Å². The predicted molar refractivity (Wildman–Crippen MR) is 140 cm³/mol. The highest BCUT2D eigenvalue weighted by Gasteiger charge is 2.28. The van der Waals surface area contributed by atoms with Crippen molar-refractivity contribution in [2.24, 2.45) is 11.7 Å². The molecule has 180 valence electrons. The van der Waals surface area contributed by atoms with Crippen LogP contribution in [0.1, 0.15) is 42.9 Å². The van der Waals surface area contributed by atoms with Gasteiger partial charge in [-0.05, 0) is 87.4 Å².